The average molecular weight is 372 g/mol. The Kier molecular flexibility index (Phi) is 6.24. The molecule has 0 spiro atoms. The number of nitrogens with zero attached hydrogens (tertiary/aromatic N) is 2. The average Bonchev–Trinajstić information content (AvgIpc) is 2.23. The molecule has 23 heavy (non-hydrogen) atoms. The van der Waals surface area contributed by atoms with Crippen molar-refractivity contribution in [1.82, 2.24) is 9.21 Å². The lowest BCUT2D eigenvalue weighted by atomic mass is 9.93. The van der Waals surface area contributed by atoms with Gasteiger partial charge in [-0.3, -0.25) is 0 Å². The van der Waals surface area contributed by atoms with E-state index in [-0.39, 0.29) is 10.8 Å². The summed E-state index contributed by atoms with van der Waals surface area (Å²) in [6.07, 6.45) is 0. The molecule has 0 atom stereocenters. The van der Waals surface area contributed by atoms with E-state index in [4.69, 9.17) is 0 Å². The summed E-state index contributed by atoms with van der Waals surface area (Å²) in [5.41, 5.74) is -0.870. The first kappa shape index (κ1) is 22.4. The summed E-state index contributed by atoms with van der Waals surface area (Å²) in [5, 5.41) is -5.94. The summed E-state index contributed by atoms with van der Waals surface area (Å²) in [4.78, 5) is 1.65. The normalized spacial score (nSPS) is 15.6. The first-order valence-corrected chi connectivity index (χ1v) is 7.98. The fourth-order valence-electron chi connectivity index (χ4n) is 2.21. The summed E-state index contributed by atoms with van der Waals surface area (Å²) in [6.45, 7) is 2.33. The summed E-state index contributed by atoms with van der Waals surface area (Å²) in [7, 11) is -2.04. The van der Waals surface area contributed by atoms with Crippen LogP contribution in [0.3, 0.4) is 0 Å². The third-order valence-electron chi connectivity index (χ3n) is 3.05. The van der Waals surface area contributed by atoms with Crippen LogP contribution in [0.15, 0.2) is 0 Å². The molecular weight excluding hydrogens is 350 g/mol. The largest absolute Gasteiger partial charge is 0.427 e. The Bertz CT molecular complexity index is 514. The van der Waals surface area contributed by atoms with Crippen LogP contribution in [0.2, 0.25) is 0 Å². The van der Waals surface area contributed by atoms with Crippen LogP contribution in [-0.2, 0) is 10.0 Å². The molecule has 0 fully saturated rings. The molecule has 0 aromatic heterocycles. The first-order chi connectivity index (χ1) is 9.79. The maximum Gasteiger partial charge on any atom is 0.427 e. The van der Waals surface area contributed by atoms with Gasteiger partial charge in [-0.05, 0) is 19.5 Å². The second kappa shape index (κ2) is 6.40. The highest BCUT2D eigenvalue weighted by atomic mass is 32.2. The minimum atomic E-state index is -6.04. The van der Waals surface area contributed by atoms with Gasteiger partial charge in [0.1, 0.15) is 0 Å². The molecule has 0 aliphatic carbocycles. The molecule has 11 heteroatoms. The van der Waals surface area contributed by atoms with Crippen molar-refractivity contribution in [2.24, 2.45) is 5.41 Å². The van der Waals surface area contributed by atoms with E-state index in [9.17, 15) is 34.8 Å². The van der Waals surface area contributed by atoms with Gasteiger partial charge in [0.2, 0.25) is 0 Å². The summed E-state index contributed by atoms with van der Waals surface area (Å²) in [6, 6.07) is 0. The molecule has 4 nitrogen and oxygen atoms in total. The molecule has 0 aromatic carbocycles. The maximum atomic E-state index is 13.7. The van der Waals surface area contributed by atoms with Crippen LogP contribution in [0.5, 0.6) is 0 Å². The number of rotatable bonds is 8. The lowest BCUT2D eigenvalue weighted by Crippen LogP contribution is -2.60. The zero-order valence-corrected chi connectivity index (χ0v) is 14.6. The maximum absolute atomic E-state index is 13.7. The van der Waals surface area contributed by atoms with E-state index < -0.39 is 46.0 Å². The second-order valence-corrected chi connectivity index (χ2v) is 8.73. The van der Waals surface area contributed by atoms with Crippen LogP contribution >= 0.6 is 0 Å². The highest BCUT2D eigenvalue weighted by molar-refractivity contribution is 7.90. The molecule has 0 rings (SSSR count). The number of sulfonamides is 1. The van der Waals surface area contributed by atoms with E-state index >= 15 is 0 Å². The predicted molar refractivity (Wildman–Crippen MR) is 74.4 cm³/mol. The van der Waals surface area contributed by atoms with Crippen molar-refractivity contribution in [3.05, 3.63) is 0 Å². The topological polar surface area (TPSA) is 40.6 Å². The third-order valence-corrected chi connectivity index (χ3v) is 4.90. The number of halogens is 6. The Morgan fingerprint density at radius 3 is 1.52 bits per heavy atom. The molecule has 0 aliphatic heterocycles. The van der Waals surface area contributed by atoms with E-state index in [2.05, 4.69) is 0 Å². The molecule has 0 saturated heterocycles. The quantitative estimate of drug-likeness (QED) is 0.615. The molecule has 0 bridgehead atoms. The van der Waals surface area contributed by atoms with E-state index in [0.29, 0.717) is 7.05 Å². The van der Waals surface area contributed by atoms with Gasteiger partial charge in [-0.25, -0.2) is 8.42 Å². The number of hydrogen-bond donors (Lipinski definition) is 0. The van der Waals surface area contributed by atoms with Crippen LogP contribution in [0.4, 0.5) is 26.3 Å². The lowest BCUT2D eigenvalue weighted by molar-refractivity contribution is -0.272. The van der Waals surface area contributed by atoms with Crippen LogP contribution in [0, 0.1) is 5.41 Å². The highest BCUT2D eigenvalue weighted by Crippen LogP contribution is 2.49. The molecule has 0 saturated carbocycles. The zero-order valence-electron chi connectivity index (χ0n) is 13.8. The van der Waals surface area contributed by atoms with Crippen LogP contribution in [0.25, 0.3) is 0 Å². The van der Waals surface area contributed by atoms with Gasteiger partial charge in [-0.1, -0.05) is 13.8 Å². The van der Waals surface area contributed by atoms with Crippen LogP contribution in [-0.4, -0.2) is 69.0 Å². The molecule has 0 unspecified atom stereocenters. The van der Waals surface area contributed by atoms with Gasteiger partial charge in [0.05, 0.1) is 0 Å². The van der Waals surface area contributed by atoms with Gasteiger partial charge in [-0.2, -0.15) is 30.6 Å². The fourth-order valence-corrected chi connectivity index (χ4v) is 3.62. The highest BCUT2D eigenvalue weighted by Gasteiger charge is 2.76. The molecule has 0 heterocycles. The molecule has 0 radical (unpaired) electrons. The van der Waals surface area contributed by atoms with Crippen LogP contribution in [0.1, 0.15) is 20.8 Å². The summed E-state index contributed by atoms with van der Waals surface area (Å²) in [5.74, 6) is -11.2. The number of hydrogen-bond acceptors (Lipinski definition) is 3. The van der Waals surface area contributed by atoms with E-state index in [1.165, 1.54) is 13.8 Å². The Labute approximate surface area is 132 Å². The fraction of sp³-hybridized carbons (Fsp3) is 1.00. The molecule has 0 N–H and O–H groups in total. The Balaban J connectivity index is 5.64. The molecular formula is C12H22F6N2O2S. The summed E-state index contributed by atoms with van der Waals surface area (Å²) >= 11 is 0. The molecule has 140 valence electrons. The predicted octanol–water partition coefficient (Wildman–Crippen LogP) is 2.72. The minimum absolute atomic E-state index is 0.00382. The van der Waals surface area contributed by atoms with Gasteiger partial charge in [0.25, 0.3) is 10.0 Å². The van der Waals surface area contributed by atoms with E-state index in [1.807, 2.05) is 0 Å². The van der Waals surface area contributed by atoms with Crippen molar-refractivity contribution < 1.29 is 34.8 Å². The second-order valence-electron chi connectivity index (χ2n) is 6.64. The van der Waals surface area contributed by atoms with Crippen molar-refractivity contribution in [1.29, 1.82) is 0 Å². The van der Waals surface area contributed by atoms with E-state index in [1.54, 1.807) is 19.0 Å². The molecule has 0 amide bonds. The van der Waals surface area contributed by atoms with Crippen molar-refractivity contribution in [2.45, 2.75) is 37.9 Å². The Hall–Kier alpha value is -0.550. The zero-order chi connectivity index (χ0) is 19.1. The molecule has 0 aliphatic rings. The smallest absolute Gasteiger partial charge is 0.309 e. The minimum Gasteiger partial charge on any atom is -0.309 e. The van der Waals surface area contributed by atoms with Crippen molar-refractivity contribution >= 4 is 10.0 Å². The summed E-state index contributed by atoms with van der Waals surface area (Å²) < 4.78 is 103. The van der Waals surface area contributed by atoms with Crippen LogP contribution < -0.4 is 0 Å². The van der Waals surface area contributed by atoms with Gasteiger partial charge in [0, 0.05) is 27.1 Å². The monoisotopic (exact) mass is 372 g/mol. The first-order valence-electron chi connectivity index (χ1n) is 6.54. The SMILES string of the molecule is CN(C)CC(C)(C)CN(C)S(=O)(=O)C(F)(F)C(F)(F)C(C)(F)F. The van der Waals surface area contributed by atoms with Gasteiger partial charge in [-0.15, -0.1) is 0 Å². The third kappa shape index (κ3) is 4.50. The molecule has 0 aromatic rings. The van der Waals surface area contributed by atoms with E-state index in [0.717, 1.165) is 0 Å². The standard InChI is InChI=1S/C12H22F6N2O2S/c1-9(2,7-19(4)5)8-20(6)23(21,22)12(17,18)11(15,16)10(3,13)14/h7-8H2,1-6H3. The van der Waals surface area contributed by atoms with Gasteiger partial charge in [0.15, 0.2) is 0 Å². The lowest BCUT2D eigenvalue weighted by Gasteiger charge is -2.36. The van der Waals surface area contributed by atoms with Gasteiger partial charge >= 0.3 is 17.1 Å². The van der Waals surface area contributed by atoms with Crippen molar-refractivity contribution in [3.63, 3.8) is 0 Å². The number of alkyl halides is 6. The van der Waals surface area contributed by atoms with Gasteiger partial charge < -0.3 is 4.90 Å². The van der Waals surface area contributed by atoms with Crippen molar-refractivity contribution in [3.8, 4) is 0 Å². The Morgan fingerprint density at radius 2 is 1.22 bits per heavy atom. The van der Waals surface area contributed by atoms with Crippen molar-refractivity contribution in [2.75, 3.05) is 34.2 Å². The Morgan fingerprint density at radius 1 is 0.826 bits per heavy atom.